The van der Waals surface area contributed by atoms with Crippen molar-refractivity contribution in [3.63, 3.8) is 0 Å². The standard InChI is InChI=1S/C17H20N2/c18-9-16(13-2-1-3-19-10-13)17-14-5-11-4-12(7-14)8-15(17)6-11/h1-3,10-12,14-17H,4-8H2. The van der Waals surface area contributed by atoms with E-state index < -0.39 is 0 Å². The van der Waals surface area contributed by atoms with E-state index in [2.05, 4.69) is 17.1 Å². The zero-order valence-corrected chi connectivity index (χ0v) is 11.2. The molecule has 4 fully saturated rings. The Kier molecular flexibility index (Phi) is 2.62. The molecule has 0 radical (unpaired) electrons. The van der Waals surface area contributed by atoms with Crippen LogP contribution >= 0.6 is 0 Å². The molecule has 0 amide bonds. The Balaban J connectivity index is 1.66. The zero-order chi connectivity index (χ0) is 12.8. The van der Waals surface area contributed by atoms with Crippen LogP contribution in [-0.2, 0) is 0 Å². The number of nitrogens with zero attached hydrogens (tertiary/aromatic N) is 2. The molecule has 2 nitrogen and oxygen atoms in total. The van der Waals surface area contributed by atoms with E-state index in [4.69, 9.17) is 0 Å². The third kappa shape index (κ3) is 1.79. The van der Waals surface area contributed by atoms with E-state index in [9.17, 15) is 5.26 Å². The maximum absolute atomic E-state index is 9.69. The van der Waals surface area contributed by atoms with Crippen molar-refractivity contribution in [3.05, 3.63) is 30.1 Å². The topological polar surface area (TPSA) is 36.7 Å². The van der Waals surface area contributed by atoms with Gasteiger partial charge in [0.1, 0.15) is 0 Å². The summed E-state index contributed by atoms with van der Waals surface area (Å²) in [6.45, 7) is 0. The molecule has 1 atom stereocenters. The van der Waals surface area contributed by atoms with Crippen LogP contribution in [0.3, 0.4) is 0 Å². The van der Waals surface area contributed by atoms with Crippen molar-refractivity contribution in [1.29, 1.82) is 5.26 Å². The highest BCUT2D eigenvalue weighted by Gasteiger charge is 2.50. The summed E-state index contributed by atoms with van der Waals surface area (Å²) in [5.41, 5.74) is 1.14. The molecular weight excluding hydrogens is 232 g/mol. The van der Waals surface area contributed by atoms with Crippen LogP contribution in [0, 0.1) is 40.9 Å². The average molecular weight is 252 g/mol. The fourth-order valence-corrected chi connectivity index (χ4v) is 5.45. The van der Waals surface area contributed by atoms with Gasteiger partial charge in [0, 0.05) is 12.4 Å². The molecule has 0 aliphatic heterocycles. The molecular formula is C17H20N2. The molecule has 1 heterocycles. The first kappa shape index (κ1) is 11.5. The van der Waals surface area contributed by atoms with Crippen LogP contribution in [0.5, 0.6) is 0 Å². The molecule has 0 aromatic carbocycles. The van der Waals surface area contributed by atoms with Gasteiger partial charge in [-0.15, -0.1) is 0 Å². The van der Waals surface area contributed by atoms with Crippen molar-refractivity contribution in [2.45, 2.75) is 38.0 Å². The van der Waals surface area contributed by atoms with E-state index in [1.165, 1.54) is 32.1 Å². The molecule has 4 saturated carbocycles. The van der Waals surface area contributed by atoms with Gasteiger partial charge < -0.3 is 0 Å². The smallest absolute Gasteiger partial charge is 0.0761 e. The molecule has 98 valence electrons. The average Bonchev–Trinajstić information content (AvgIpc) is 2.43. The summed E-state index contributed by atoms with van der Waals surface area (Å²) < 4.78 is 0. The van der Waals surface area contributed by atoms with Crippen molar-refractivity contribution >= 4 is 0 Å². The van der Waals surface area contributed by atoms with Gasteiger partial charge in [-0.2, -0.15) is 5.26 Å². The second kappa shape index (κ2) is 4.34. The molecule has 0 N–H and O–H groups in total. The molecule has 4 aliphatic rings. The molecule has 1 aromatic rings. The third-order valence-corrected chi connectivity index (χ3v) is 5.87. The summed E-state index contributed by atoms with van der Waals surface area (Å²) in [4.78, 5) is 4.21. The van der Waals surface area contributed by atoms with Crippen LogP contribution < -0.4 is 0 Å². The van der Waals surface area contributed by atoms with Crippen LogP contribution in [0.2, 0.25) is 0 Å². The van der Waals surface area contributed by atoms with Gasteiger partial charge in [0.2, 0.25) is 0 Å². The van der Waals surface area contributed by atoms with Crippen LogP contribution in [0.15, 0.2) is 24.5 Å². The van der Waals surface area contributed by atoms with Crippen LogP contribution in [0.25, 0.3) is 0 Å². The van der Waals surface area contributed by atoms with Crippen molar-refractivity contribution in [2.75, 3.05) is 0 Å². The Morgan fingerprint density at radius 2 is 1.79 bits per heavy atom. The minimum atomic E-state index is 0.0729. The van der Waals surface area contributed by atoms with E-state index in [1.807, 2.05) is 12.3 Å². The largest absolute Gasteiger partial charge is 0.264 e. The van der Waals surface area contributed by atoms with Gasteiger partial charge >= 0.3 is 0 Å². The highest BCUT2D eigenvalue weighted by Crippen LogP contribution is 2.59. The summed E-state index contributed by atoms with van der Waals surface area (Å²) in [6.07, 6.45) is 10.7. The second-order valence-electron chi connectivity index (χ2n) is 6.90. The molecule has 4 aliphatic carbocycles. The monoisotopic (exact) mass is 252 g/mol. The summed E-state index contributed by atoms with van der Waals surface area (Å²) in [5.74, 6) is 4.24. The van der Waals surface area contributed by atoms with Crippen molar-refractivity contribution in [3.8, 4) is 6.07 Å². The van der Waals surface area contributed by atoms with Gasteiger partial charge in [-0.25, -0.2) is 0 Å². The first-order chi connectivity index (χ1) is 9.35. The lowest BCUT2D eigenvalue weighted by molar-refractivity contribution is -0.0412. The third-order valence-electron chi connectivity index (χ3n) is 5.87. The van der Waals surface area contributed by atoms with Gasteiger partial charge in [-0.05, 0) is 73.3 Å². The molecule has 1 aromatic heterocycles. The van der Waals surface area contributed by atoms with E-state index in [-0.39, 0.29) is 5.92 Å². The van der Waals surface area contributed by atoms with Gasteiger partial charge in [0.05, 0.1) is 12.0 Å². The van der Waals surface area contributed by atoms with E-state index in [0.29, 0.717) is 5.92 Å². The van der Waals surface area contributed by atoms with E-state index in [1.54, 1.807) is 6.20 Å². The molecule has 19 heavy (non-hydrogen) atoms. The molecule has 0 saturated heterocycles. The predicted octanol–water partition coefficient (Wildman–Crippen LogP) is 3.76. The maximum atomic E-state index is 9.69. The number of hydrogen-bond acceptors (Lipinski definition) is 2. The summed E-state index contributed by atoms with van der Waals surface area (Å²) in [7, 11) is 0. The molecule has 2 heteroatoms. The second-order valence-corrected chi connectivity index (χ2v) is 6.90. The zero-order valence-electron chi connectivity index (χ0n) is 11.2. The normalized spacial score (nSPS) is 40.9. The molecule has 5 rings (SSSR count). The number of rotatable bonds is 2. The van der Waals surface area contributed by atoms with Crippen molar-refractivity contribution in [2.24, 2.45) is 29.6 Å². The summed E-state index contributed by atoms with van der Waals surface area (Å²) in [6, 6.07) is 6.66. The van der Waals surface area contributed by atoms with Crippen molar-refractivity contribution < 1.29 is 0 Å². The fourth-order valence-electron chi connectivity index (χ4n) is 5.45. The van der Waals surface area contributed by atoms with Gasteiger partial charge in [0.25, 0.3) is 0 Å². The Bertz CT molecular complexity index is 474. The summed E-state index contributed by atoms with van der Waals surface area (Å²) >= 11 is 0. The Morgan fingerprint density at radius 3 is 2.32 bits per heavy atom. The van der Waals surface area contributed by atoms with Gasteiger partial charge in [-0.1, -0.05) is 6.07 Å². The van der Waals surface area contributed by atoms with Crippen molar-refractivity contribution in [1.82, 2.24) is 4.98 Å². The minimum Gasteiger partial charge on any atom is -0.264 e. The minimum absolute atomic E-state index is 0.0729. The SMILES string of the molecule is N#CC(c1cccnc1)C1C2CC3CC(C2)CC1C3. The fraction of sp³-hybridized carbons (Fsp3) is 0.647. The number of hydrogen-bond donors (Lipinski definition) is 0. The van der Waals surface area contributed by atoms with Crippen LogP contribution in [0.4, 0.5) is 0 Å². The Morgan fingerprint density at radius 1 is 1.11 bits per heavy atom. The first-order valence-electron chi connectivity index (χ1n) is 7.64. The Labute approximate surface area is 114 Å². The quantitative estimate of drug-likeness (QED) is 0.803. The number of aromatic nitrogens is 1. The van der Waals surface area contributed by atoms with E-state index >= 15 is 0 Å². The van der Waals surface area contributed by atoms with Crippen LogP contribution in [-0.4, -0.2) is 4.98 Å². The van der Waals surface area contributed by atoms with Crippen LogP contribution in [0.1, 0.15) is 43.6 Å². The lowest BCUT2D eigenvalue weighted by atomic mass is 9.49. The molecule has 1 unspecified atom stereocenters. The number of pyridine rings is 1. The first-order valence-corrected chi connectivity index (χ1v) is 7.64. The number of nitriles is 1. The molecule has 0 spiro atoms. The molecule has 4 bridgehead atoms. The highest BCUT2D eigenvalue weighted by molar-refractivity contribution is 5.24. The maximum Gasteiger partial charge on any atom is 0.0761 e. The highest BCUT2D eigenvalue weighted by atomic mass is 14.6. The Hall–Kier alpha value is -1.36. The van der Waals surface area contributed by atoms with Gasteiger partial charge in [-0.3, -0.25) is 4.98 Å². The lowest BCUT2D eigenvalue weighted by Crippen LogP contribution is -2.47. The van der Waals surface area contributed by atoms with Gasteiger partial charge in [0.15, 0.2) is 0 Å². The predicted molar refractivity (Wildman–Crippen MR) is 73.1 cm³/mol. The van der Waals surface area contributed by atoms with E-state index in [0.717, 1.165) is 29.2 Å². The lowest BCUT2D eigenvalue weighted by Gasteiger charge is -2.55. The summed E-state index contributed by atoms with van der Waals surface area (Å²) in [5, 5.41) is 9.69.